The lowest BCUT2D eigenvalue weighted by Crippen LogP contribution is -2.60. The van der Waals surface area contributed by atoms with Crippen LogP contribution in [-0.4, -0.2) is 142 Å². The molecule has 626 valence electrons. The third kappa shape index (κ3) is 43.1. The van der Waals surface area contributed by atoms with Gasteiger partial charge >= 0.3 is 59.7 Å². The molecule has 1 aliphatic heterocycles. The van der Waals surface area contributed by atoms with Crippen molar-refractivity contribution in [2.75, 3.05) is 59.9 Å². The van der Waals surface area contributed by atoms with E-state index in [1.165, 1.54) is 51.4 Å². The Bertz CT molecular complexity index is 2970. The van der Waals surface area contributed by atoms with E-state index in [0.29, 0.717) is 146 Å². The molecular weight excluding hydrogens is 1420 g/mol. The summed E-state index contributed by atoms with van der Waals surface area (Å²) < 4.78 is 60.3. The summed E-state index contributed by atoms with van der Waals surface area (Å²) in [6, 6.07) is 13.5. The minimum atomic E-state index is -0.486. The molecule has 1 heterocycles. The van der Waals surface area contributed by atoms with Crippen molar-refractivity contribution >= 4 is 59.7 Å². The number of unbranched alkanes of at least 4 members (excludes halogenated alkanes) is 19. The summed E-state index contributed by atoms with van der Waals surface area (Å²) in [5, 5.41) is 0. The van der Waals surface area contributed by atoms with Crippen LogP contribution < -0.4 is 14.2 Å². The Morgan fingerprint density at radius 1 is 0.342 bits per heavy atom. The Kier molecular flexibility index (Phi) is 47.8. The quantitative estimate of drug-likeness (QED) is 0.0257. The van der Waals surface area contributed by atoms with Gasteiger partial charge in [0.15, 0.2) is 0 Å². The van der Waals surface area contributed by atoms with E-state index in [-0.39, 0.29) is 136 Å². The predicted octanol–water partition coefficient (Wildman–Crippen LogP) is 18.9. The summed E-state index contributed by atoms with van der Waals surface area (Å²) in [5.74, 6) is 0.837. The van der Waals surface area contributed by atoms with E-state index in [9.17, 15) is 47.9 Å². The second-order valence-corrected chi connectivity index (χ2v) is 32.3. The molecule has 0 N–H and O–H groups in total. The molecule has 3 fully saturated rings. The zero-order chi connectivity index (χ0) is 80.2. The number of benzene rings is 2. The van der Waals surface area contributed by atoms with E-state index in [1.807, 2.05) is 0 Å². The third-order valence-corrected chi connectivity index (χ3v) is 22.1. The molecule has 2 aliphatic carbocycles. The van der Waals surface area contributed by atoms with Gasteiger partial charge in [-0.1, -0.05) is 71.1 Å². The first-order chi connectivity index (χ1) is 53.6. The first-order valence-corrected chi connectivity index (χ1v) is 42.9. The van der Waals surface area contributed by atoms with E-state index in [1.54, 1.807) is 48.5 Å². The normalized spacial score (nSPS) is 17.5. The van der Waals surface area contributed by atoms with Gasteiger partial charge in [0.25, 0.3) is 0 Å². The average molecular weight is 1560 g/mol. The number of hydrogen-bond acceptors (Lipinski definition) is 22. The SMILES string of the molecule is CCCCCC1CCC(C2CCC(C(=O)Oc3ccc(OC(=O)c4ccc(OCCCCCCCCOC(=O)CCCCCOC(=O)CCCCCOC(=O)CCCCCOC(=O)CCCCCOC(=O)CCCCCOC(=O)CCCCCOC(=O)CCC(=O)OC5CC(C)(C)N(C)C(C)(C)C5)cc4)cc3)CC2)CC1. The first kappa shape index (κ1) is 94.5. The third-order valence-electron chi connectivity index (χ3n) is 22.1. The number of rotatable bonds is 59. The maximum Gasteiger partial charge on any atom is 0.343 e. The summed E-state index contributed by atoms with van der Waals surface area (Å²) in [7, 11) is 2.09. The van der Waals surface area contributed by atoms with Crippen LogP contribution in [0.2, 0.25) is 0 Å². The molecule has 0 bridgehead atoms. The molecular formula is C89H139NO21. The number of carbonyl (C=O) groups is 10. The summed E-state index contributed by atoms with van der Waals surface area (Å²) >= 11 is 0. The Labute approximate surface area is 663 Å². The molecule has 111 heavy (non-hydrogen) atoms. The monoisotopic (exact) mass is 1560 g/mol. The van der Waals surface area contributed by atoms with Crippen molar-refractivity contribution in [1.82, 2.24) is 4.90 Å². The van der Waals surface area contributed by atoms with Crippen molar-refractivity contribution in [2.45, 2.75) is 347 Å². The fourth-order valence-corrected chi connectivity index (χ4v) is 15.1. The average Bonchev–Trinajstić information content (AvgIpc) is 0.778. The Balaban J connectivity index is 0.691. The van der Waals surface area contributed by atoms with Crippen LogP contribution in [0, 0.1) is 23.7 Å². The molecule has 0 atom stereocenters. The van der Waals surface area contributed by atoms with Crippen molar-refractivity contribution in [1.29, 1.82) is 0 Å². The van der Waals surface area contributed by atoms with Crippen LogP contribution in [0.4, 0.5) is 0 Å². The molecule has 2 aromatic rings. The molecule has 0 radical (unpaired) electrons. The van der Waals surface area contributed by atoms with Crippen LogP contribution in [0.1, 0.15) is 340 Å². The Morgan fingerprint density at radius 2 is 0.658 bits per heavy atom. The van der Waals surface area contributed by atoms with E-state index in [2.05, 4.69) is 46.6 Å². The predicted molar refractivity (Wildman–Crippen MR) is 424 cm³/mol. The minimum absolute atomic E-state index is 0.0183. The maximum absolute atomic E-state index is 13.1. The molecule has 5 rings (SSSR count). The molecule has 3 aliphatic rings. The number of esters is 10. The zero-order valence-corrected chi connectivity index (χ0v) is 68.7. The van der Waals surface area contributed by atoms with Crippen molar-refractivity contribution in [3.05, 3.63) is 54.1 Å². The van der Waals surface area contributed by atoms with Crippen molar-refractivity contribution in [3.63, 3.8) is 0 Å². The van der Waals surface area contributed by atoms with Gasteiger partial charge in [0, 0.05) is 62.4 Å². The van der Waals surface area contributed by atoms with Gasteiger partial charge in [-0.15, -0.1) is 0 Å². The molecule has 0 unspecified atom stereocenters. The molecule has 2 saturated carbocycles. The van der Waals surface area contributed by atoms with Crippen LogP contribution in [0.5, 0.6) is 17.2 Å². The zero-order valence-electron chi connectivity index (χ0n) is 68.7. The second-order valence-electron chi connectivity index (χ2n) is 32.3. The summed E-state index contributed by atoms with van der Waals surface area (Å²) in [5.41, 5.74) is 0.186. The first-order valence-electron chi connectivity index (χ1n) is 42.9. The molecule has 2 aromatic carbocycles. The lowest BCUT2D eigenvalue weighted by atomic mass is 9.68. The van der Waals surface area contributed by atoms with Crippen molar-refractivity contribution < 1.29 is 100 Å². The number of hydrogen-bond donors (Lipinski definition) is 0. The molecule has 22 heteroatoms. The number of piperidine rings is 1. The Hall–Kier alpha value is -7.10. The number of nitrogens with zero attached hydrogens (tertiary/aromatic N) is 1. The van der Waals surface area contributed by atoms with Gasteiger partial charge in [-0.2, -0.15) is 0 Å². The molecule has 0 amide bonds. The molecule has 22 nitrogen and oxygen atoms in total. The Morgan fingerprint density at radius 3 is 1.04 bits per heavy atom. The van der Waals surface area contributed by atoms with E-state index < -0.39 is 11.9 Å². The van der Waals surface area contributed by atoms with Gasteiger partial charge in [0.05, 0.1) is 77.2 Å². The highest BCUT2D eigenvalue weighted by Gasteiger charge is 2.44. The molecule has 0 spiro atoms. The standard InChI is InChI=1S/C89H139NO21/c1-7-8-19-34-69-41-43-70(44-42-69)71-45-47-72(48-46-71)86(99)110-75-53-55-76(56-54-75)111-87(100)73-49-51-74(52-50-73)101-59-26-11-9-10-12-27-60-102-78(91)35-20-13-28-61-103-79(92)36-21-14-29-62-104-80(93)37-22-15-30-63-105-81(94)38-23-16-31-64-106-82(95)39-24-17-32-65-107-83(96)40-25-18-33-66-108-84(97)57-58-85(98)109-77-67-88(2,3)90(6)89(4,5)68-77/h49-56,69-72,77H,7-48,57-68H2,1-6H3. The number of ether oxygens (including phenoxy) is 11. The highest BCUT2D eigenvalue weighted by molar-refractivity contribution is 5.91. The highest BCUT2D eigenvalue weighted by Crippen LogP contribution is 2.43. The van der Waals surface area contributed by atoms with Crippen LogP contribution in [-0.2, 0) is 81.0 Å². The van der Waals surface area contributed by atoms with E-state index in [0.717, 1.165) is 127 Å². The van der Waals surface area contributed by atoms with Gasteiger partial charge in [0.2, 0.25) is 0 Å². The number of carbonyl (C=O) groups excluding carboxylic acids is 10. The van der Waals surface area contributed by atoms with Crippen molar-refractivity contribution in [2.24, 2.45) is 23.7 Å². The summed E-state index contributed by atoms with van der Waals surface area (Å²) in [4.78, 5) is 126. The van der Waals surface area contributed by atoms with Gasteiger partial charge in [-0.25, -0.2) is 4.79 Å². The van der Waals surface area contributed by atoms with Crippen LogP contribution in [0.3, 0.4) is 0 Å². The van der Waals surface area contributed by atoms with Crippen LogP contribution in [0.25, 0.3) is 0 Å². The summed E-state index contributed by atoms with van der Waals surface area (Å²) in [6.07, 6.45) is 35.6. The summed E-state index contributed by atoms with van der Waals surface area (Å²) in [6.45, 7) is 13.5. The van der Waals surface area contributed by atoms with Gasteiger partial charge in [-0.05, 0) is 268 Å². The fraction of sp³-hybridized carbons (Fsp3) is 0.753. The van der Waals surface area contributed by atoms with Gasteiger partial charge < -0.3 is 52.1 Å². The van der Waals surface area contributed by atoms with E-state index in [4.69, 9.17) is 52.1 Å². The van der Waals surface area contributed by atoms with Crippen LogP contribution in [0.15, 0.2) is 48.5 Å². The highest BCUT2D eigenvalue weighted by atomic mass is 16.6. The lowest BCUT2D eigenvalue weighted by Gasteiger charge is -2.53. The minimum Gasteiger partial charge on any atom is -0.494 e. The van der Waals surface area contributed by atoms with Gasteiger partial charge in [-0.3, -0.25) is 48.1 Å². The van der Waals surface area contributed by atoms with Crippen molar-refractivity contribution in [3.8, 4) is 17.2 Å². The second kappa shape index (κ2) is 56.2. The van der Waals surface area contributed by atoms with E-state index >= 15 is 0 Å². The lowest BCUT2D eigenvalue weighted by molar-refractivity contribution is -0.161. The topological polar surface area (TPSA) is 275 Å². The fourth-order valence-electron chi connectivity index (χ4n) is 15.1. The maximum atomic E-state index is 13.1. The van der Waals surface area contributed by atoms with Gasteiger partial charge in [0.1, 0.15) is 23.4 Å². The smallest absolute Gasteiger partial charge is 0.343 e. The number of likely N-dealkylation sites (tertiary alicyclic amines) is 1. The van der Waals surface area contributed by atoms with Crippen LogP contribution >= 0.6 is 0 Å². The molecule has 0 aromatic heterocycles. The molecule has 1 saturated heterocycles. The largest absolute Gasteiger partial charge is 0.494 e.